The highest BCUT2D eigenvalue weighted by molar-refractivity contribution is 5.66. The molecule has 0 bridgehead atoms. The molecule has 1 unspecified atom stereocenters. The van der Waals surface area contributed by atoms with Crippen LogP contribution in [-0.4, -0.2) is 11.1 Å². The largest absolute Gasteiger partial charge is 0.508 e. The Morgan fingerprint density at radius 3 is 2.86 bits per heavy atom. The number of esters is 1. The van der Waals surface area contributed by atoms with Crippen LogP contribution < -0.4 is 0 Å². The van der Waals surface area contributed by atoms with Crippen molar-refractivity contribution >= 4 is 5.97 Å². The zero-order valence-corrected chi connectivity index (χ0v) is 7.73. The van der Waals surface area contributed by atoms with E-state index in [1.165, 1.54) is 19.1 Å². The minimum absolute atomic E-state index is 0.0925. The van der Waals surface area contributed by atoms with Gasteiger partial charge in [-0.25, -0.2) is 0 Å². The molecule has 0 saturated carbocycles. The molecule has 0 aromatic heterocycles. The molecule has 0 radical (unpaired) electrons. The summed E-state index contributed by atoms with van der Waals surface area (Å²) in [5, 5.41) is 9.18. The zero-order valence-electron chi connectivity index (χ0n) is 7.73. The van der Waals surface area contributed by atoms with Crippen molar-refractivity contribution < 1.29 is 14.6 Å². The van der Waals surface area contributed by atoms with Gasteiger partial charge in [0.2, 0.25) is 0 Å². The number of hydrogen-bond donors (Lipinski definition) is 1. The predicted molar refractivity (Wildman–Crippen MR) is 51.4 cm³/mol. The van der Waals surface area contributed by atoms with E-state index in [-0.39, 0.29) is 5.75 Å². The third-order valence-corrected chi connectivity index (χ3v) is 1.61. The standard InChI is InChI=1S/C11H10O3/c1-3-11(14-8(2)12)9-5-4-6-10(13)7-9/h1,4-7,11,13H,2H3. The van der Waals surface area contributed by atoms with Crippen molar-refractivity contribution in [3.8, 4) is 18.1 Å². The van der Waals surface area contributed by atoms with Gasteiger partial charge in [-0.2, -0.15) is 0 Å². The summed E-state index contributed by atoms with van der Waals surface area (Å²) in [5.74, 6) is 1.97. The van der Waals surface area contributed by atoms with Crippen molar-refractivity contribution in [1.82, 2.24) is 0 Å². The number of phenolic OH excluding ortho intramolecular Hbond substituents is 1. The van der Waals surface area contributed by atoms with Crippen LogP contribution in [0.25, 0.3) is 0 Å². The number of benzene rings is 1. The molecule has 1 rings (SSSR count). The lowest BCUT2D eigenvalue weighted by Gasteiger charge is -2.10. The van der Waals surface area contributed by atoms with Crippen molar-refractivity contribution in [3.05, 3.63) is 29.8 Å². The molecule has 72 valence electrons. The summed E-state index contributed by atoms with van der Waals surface area (Å²) in [6.45, 7) is 1.28. The second kappa shape index (κ2) is 4.33. The molecule has 1 N–H and O–H groups in total. The van der Waals surface area contributed by atoms with Crippen LogP contribution in [0.1, 0.15) is 18.6 Å². The molecule has 0 aliphatic heterocycles. The summed E-state index contributed by atoms with van der Waals surface area (Å²) in [5.41, 5.74) is 0.586. The molecule has 3 nitrogen and oxygen atoms in total. The lowest BCUT2D eigenvalue weighted by molar-refractivity contribution is -0.144. The monoisotopic (exact) mass is 190 g/mol. The van der Waals surface area contributed by atoms with E-state index in [2.05, 4.69) is 5.92 Å². The van der Waals surface area contributed by atoms with Crippen molar-refractivity contribution in [2.24, 2.45) is 0 Å². The molecule has 3 heteroatoms. The van der Waals surface area contributed by atoms with Crippen LogP contribution in [-0.2, 0) is 9.53 Å². The first-order valence-electron chi connectivity index (χ1n) is 4.05. The van der Waals surface area contributed by atoms with E-state index in [1.807, 2.05) is 0 Å². The Hall–Kier alpha value is -1.95. The topological polar surface area (TPSA) is 46.5 Å². The summed E-state index contributed by atoms with van der Waals surface area (Å²) in [4.78, 5) is 10.7. The third kappa shape index (κ3) is 2.53. The number of carbonyl (C=O) groups excluding carboxylic acids is 1. The van der Waals surface area contributed by atoms with E-state index in [9.17, 15) is 9.90 Å². The molecule has 0 aliphatic carbocycles. The van der Waals surface area contributed by atoms with Crippen LogP contribution in [0.2, 0.25) is 0 Å². The van der Waals surface area contributed by atoms with Gasteiger partial charge in [0.25, 0.3) is 0 Å². The van der Waals surface area contributed by atoms with Gasteiger partial charge in [-0.15, -0.1) is 6.42 Å². The number of aromatic hydroxyl groups is 1. The predicted octanol–water partition coefficient (Wildman–Crippen LogP) is 1.63. The highest BCUT2D eigenvalue weighted by Gasteiger charge is 2.11. The second-order valence-electron chi connectivity index (χ2n) is 2.75. The lowest BCUT2D eigenvalue weighted by Crippen LogP contribution is -2.06. The fourth-order valence-corrected chi connectivity index (χ4v) is 1.05. The van der Waals surface area contributed by atoms with Crippen LogP contribution in [0.5, 0.6) is 5.75 Å². The molecule has 0 heterocycles. The summed E-state index contributed by atoms with van der Waals surface area (Å²) in [6.07, 6.45) is 4.46. The van der Waals surface area contributed by atoms with Gasteiger partial charge in [-0.05, 0) is 12.1 Å². The fraction of sp³-hybridized carbons (Fsp3) is 0.182. The summed E-state index contributed by atoms with van der Waals surface area (Å²) in [7, 11) is 0. The molecule has 0 fully saturated rings. The van der Waals surface area contributed by atoms with E-state index < -0.39 is 12.1 Å². The molecular weight excluding hydrogens is 180 g/mol. The summed E-state index contributed by atoms with van der Waals surface area (Å²) < 4.78 is 4.85. The smallest absolute Gasteiger partial charge is 0.304 e. The minimum atomic E-state index is -0.736. The van der Waals surface area contributed by atoms with Gasteiger partial charge < -0.3 is 9.84 Å². The van der Waals surface area contributed by atoms with Crippen LogP contribution in [0.3, 0.4) is 0 Å². The molecule has 0 spiro atoms. The van der Waals surface area contributed by atoms with E-state index >= 15 is 0 Å². The maximum Gasteiger partial charge on any atom is 0.304 e. The molecule has 1 atom stereocenters. The second-order valence-corrected chi connectivity index (χ2v) is 2.75. The van der Waals surface area contributed by atoms with Crippen molar-refractivity contribution in [1.29, 1.82) is 0 Å². The number of ether oxygens (including phenoxy) is 1. The molecule has 1 aromatic rings. The van der Waals surface area contributed by atoms with Gasteiger partial charge in [0.05, 0.1) is 0 Å². The Labute approximate surface area is 82.3 Å². The van der Waals surface area contributed by atoms with Crippen molar-refractivity contribution in [2.45, 2.75) is 13.0 Å². The highest BCUT2D eigenvalue weighted by atomic mass is 16.5. The molecule has 14 heavy (non-hydrogen) atoms. The first-order valence-corrected chi connectivity index (χ1v) is 4.05. The maximum absolute atomic E-state index is 10.7. The summed E-state index contributed by atoms with van der Waals surface area (Å²) >= 11 is 0. The number of rotatable bonds is 2. The molecule has 0 amide bonds. The quantitative estimate of drug-likeness (QED) is 0.569. The van der Waals surface area contributed by atoms with Gasteiger partial charge in [-0.1, -0.05) is 18.1 Å². The number of hydrogen-bond acceptors (Lipinski definition) is 3. The number of carbonyl (C=O) groups is 1. The summed E-state index contributed by atoms with van der Waals surface area (Å²) in [6, 6.07) is 6.31. The van der Waals surface area contributed by atoms with Crippen molar-refractivity contribution in [3.63, 3.8) is 0 Å². The average Bonchev–Trinajstić information content (AvgIpc) is 2.14. The fourth-order valence-electron chi connectivity index (χ4n) is 1.05. The first-order chi connectivity index (χ1) is 6.63. The van der Waals surface area contributed by atoms with Crippen LogP contribution in [0.4, 0.5) is 0 Å². The average molecular weight is 190 g/mol. The lowest BCUT2D eigenvalue weighted by atomic mass is 10.1. The third-order valence-electron chi connectivity index (χ3n) is 1.61. The number of terminal acetylenes is 1. The Balaban J connectivity index is 2.90. The highest BCUT2D eigenvalue weighted by Crippen LogP contribution is 2.20. The van der Waals surface area contributed by atoms with Gasteiger partial charge in [-0.3, -0.25) is 4.79 Å². The number of phenols is 1. The van der Waals surface area contributed by atoms with Gasteiger partial charge in [0.1, 0.15) is 5.75 Å². The molecule has 0 aliphatic rings. The SMILES string of the molecule is C#CC(OC(C)=O)c1cccc(O)c1. The zero-order chi connectivity index (χ0) is 10.6. The molecular formula is C11H10O3. The molecule has 1 aromatic carbocycles. The van der Waals surface area contributed by atoms with Crippen LogP contribution >= 0.6 is 0 Å². The van der Waals surface area contributed by atoms with Gasteiger partial charge >= 0.3 is 5.97 Å². The molecule has 0 saturated heterocycles. The Morgan fingerprint density at radius 1 is 1.64 bits per heavy atom. The Kier molecular flexibility index (Phi) is 3.14. The minimum Gasteiger partial charge on any atom is -0.508 e. The Bertz CT molecular complexity index is 376. The maximum atomic E-state index is 10.7. The Morgan fingerprint density at radius 2 is 2.36 bits per heavy atom. The van der Waals surface area contributed by atoms with E-state index in [4.69, 9.17) is 11.2 Å². The van der Waals surface area contributed by atoms with Crippen LogP contribution in [0.15, 0.2) is 24.3 Å². The first kappa shape index (κ1) is 10.1. The van der Waals surface area contributed by atoms with Crippen LogP contribution in [0, 0.1) is 12.3 Å². The van der Waals surface area contributed by atoms with Gasteiger partial charge in [0.15, 0.2) is 6.10 Å². The van der Waals surface area contributed by atoms with E-state index in [0.29, 0.717) is 5.56 Å². The van der Waals surface area contributed by atoms with Gasteiger partial charge in [0, 0.05) is 12.5 Å². The van der Waals surface area contributed by atoms with Crippen molar-refractivity contribution in [2.75, 3.05) is 0 Å². The van der Waals surface area contributed by atoms with E-state index in [1.54, 1.807) is 12.1 Å². The normalized spacial score (nSPS) is 11.4. The van der Waals surface area contributed by atoms with E-state index in [0.717, 1.165) is 0 Å².